The summed E-state index contributed by atoms with van der Waals surface area (Å²) in [6.45, 7) is 9.51. The average molecular weight is 825 g/mol. The molecule has 18 heteroatoms. The van der Waals surface area contributed by atoms with Gasteiger partial charge in [-0.05, 0) is 114 Å². The van der Waals surface area contributed by atoms with Crippen molar-refractivity contribution in [1.82, 2.24) is 31.6 Å². The number of aromatic nitrogens is 1. The van der Waals surface area contributed by atoms with Gasteiger partial charge in [0.15, 0.2) is 0 Å². The normalized spacial score (nSPS) is 23.4. The highest BCUT2D eigenvalue weighted by Gasteiger charge is 2.62. The molecule has 1 unspecified atom stereocenters. The van der Waals surface area contributed by atoms with Crippen molar-refractivity contribution >= 4 is 48.3 Å². The number of pyridine rings is 1. The van der Waals surface area contributed by atoms with Gasteiger partial charge in [-0.2, -0.15) is 0 Å². The molecule has 10 atom stereocenters. The number of hydrogen-bond donors (Lipinski definition) is 8. The fraction of sp³-hybridized carbons (Fsp3) is 0.600. The molecule has 1 aromatic carbocycles. The van der Waals surface area contributed by atoms with E-state index in [2.05, 4.69) is 45.4 Å². The van der Waals surface area contributed by atoms with Gasteiger partial charge in [-0.1, -0.05) is 37.6 Å². The maximum Gasteiger partial charge on any atom is 0.481 e. The van der Waals surface area contributed by atoms with Crippen LogP contribution in [0, 0.1) is 17.3 Å². The molecule has 1 aliphatic heterocycles. The Balaban J connectivity index is 1.15. The molecule has 3 saturated carbocycles. The fourth-order valence-corrected chi connectivity index (χ4v) is 8.20. The highest BCUT2D eigenvalue weighted by molar-refractivity contribution is 6.47. The van der Waals surface area contributed by atoms with Gasteiger partial charge in [-0.25, -0.2) is 0 Å². The molecule has 3 aliphatic carbocycles. The molecule has 2 aromatic rings. The largest absolute Gasteiger partial charge is 0.481 e. The number of aliphatic hydroxyl groups excluding tert-OH is 1. The second-order valence-electron chi connectivity index (χ2n) is 16.4. The number of nitrogens with one attached hydrogen (secondary N) is 5. The van der Waals surface area contributed by atoms with Gasteiger partial charge in [0.05, 0.1) is 35.5 Å². The lowest BCUT2D eigenvalue weighted by molar-refractivity contribution is -0.150. The van der Waals surface area contributed by atoms with Crippen molar-refractivity contribution in [3.05, 3.63) is 53.2 Å². The van der Waals surface area contributed by atoms with Crippen molar-refractivity contribution < 1.29 is 38.4 Å². The van der Waals surface area contributed by atoms with E-state index in [9.17, 15) is 29.1 Å². The summed E-state index contributed by atoms with van der Waals surface area (Å²) in [6, 6.07) is 5.47. The molecular weight excluding hydrogens is 767 g/mol. The molecule has 2 heterocycles. The Morgan fingerprint density at radius 2 is 1.53 bits per heavy atom. The molecule has 1 aromatic heterocycles. The first-order valence-corrected chi connectivity index (χ1v) is 20.5. The van der Waals surface area contributed by atoms with Crippen LogP contribution in [0.5, 0.6) is 0 Å². The Hall–Kier alpha value is -4.13. The molecule has 16 nitrogen and oxygen atoms in total. The van der Waals surface area contributed by atoms with Crippen LogP contribution in [0.3, 0.4) is 0 Å². The second-order valence-corrected chi connectivity index (χ2v) is 16.8. The van der Waals surface area contributed by atoms with Gasteiger partial charge in [0.1, 0.15) is 24.2 Å². The minimum atomic E-state index is -1.50. The van der Waals surface area contributed by atoms with Gasteiger partial charge in [-0.3, -0.25) is 29.0 Å². The van der Waals surface area contributed by atoms with Crippen LogP contribution in [0.2, 0.25) is 5.02 Å². The van der Waals surface area contributed by atoms with Gasteiger partial charge in [0.2, 0.25) is 23.6 Å². The number of nitrogens with zero attached hydrogens (tertiary/aromatic N) is 1. The second kappa shape index (κ2) is 19.8. The monoisotopic (exact) mass is 824 g/mol. The van der Waals surface area contributed by atoms with Crippen LogP contribution >= 0.6 is 11.6 Å². The van der Waals surface area contributed by atoms with E-state index in [1.54, 1.807) is 36.4 Å². The topological polar surface area (TPSA) is 249 Å². The molecule has 10 N–H and O–H groups in total. The van der Waals surface area contributed by atoms with Crippen molar-refractivity contribution in [2.75, 3.05) is 13.1 Å². The molecule has 316 valence electrons. The number of amides is 5. The zero-order valence-corrected chi connectivity index (χ0v) is 34.6. The first kappa shape index (κ1) is 45.0. The Morgan fingerprint density at radius 3 is 2.16 bits per heavy atom. The summed E-state index contributed by atoms with van der Waals surface area (Å²) < 4.78 is 12.6. The average Bonchev–Trinajstić information content (AvgIpc) is 3.64. The van der Waals surface area contributed by atoms with E-state index in [4.69, 9.17) is 32.4 Å². The van der Waals surface area contributed by atoms with Crippen LogP contribution in [0.15, 0.2) is 42.6 Å². The van der Waals surface area contributed by atoms with Crippen LogP contribution in [0.25, 0.3) is 11.3 Å². The molecule has 6 rings (SSSR count). The van der Waals surface area contributed by atoms with Gasteiger partial charge >= 0.3 is 7.12 Å². The van der Waals surface area contributed by atoms with E-state index >= 15 is 0 Å². The summed E-state index contributed by atoms with van der Waals surface area (Å²) in [5.41, 5.74) is 13.2. The minimum Gasteiger partial charge on any atom is -0.404 e. The number of rotatable bonds is 19. The number of hydrogen-bond acceptors (Lipinski definition) is 11. The molecule has 4 aliphatic rings. The molecule has 4 fully saturated rings. The van der Waals surface area contributed by atoms with E-state index in [0.29, 0.717) is 48.4 Å². The highest BCUT2D eigenvalue weighted by atomic mass is 35.5. The fourth-order valence-electron chi connectivity index (χ4n) is 8.07. The summed E-state index contributed by atoms with van der Waals surface area (Å²) in [7, 11) is -0.623. The van der Waals surface area contributed by atoms with Crippen molar-refractivity contribution in [2.24, 2.45) is 28.7 Å². The third-order valence-electron chi connectivity index (χ3n) is 11.8. The van der Waals surface area contributed by atoms with Gasteiger partial charge in [0, 0.05) is 16.8 Å². The number of halogens is 1. The SMILES string of the molecule is C[C@H](NC(=O)[C@H](CCCCN)NC(=O)[C@H](C)NC(=O)[C@@H](NC(=O)[C@H](CCN)NC(=O)c1ccc(-c2ccc(Cl)cc2)nc1)[C@@H](C)O)B1OC2[C@H]3C[C@@H](C[C@H]2O1)C3(C)C. The van der Waals surface area contributed by atoms with E-state index < -0.39 is 72.9 Å². The van der Waals surface area contributed by atoms with Crippen molar-refractivity contribution in [3.8, 4) is 11.3 Å². The predicted octanol–water partition coefficient (Wildman–Crippen LogP) is 1.22. The van der Waals surface area contributed by atoms with Crippen molar-refractivity contribution in [1.29, 1.82) is 0 Å². The first-order chi connectivity index (χ1) is 27.5. The van der Waals surface area contributed by atoms with Crippen LogP contribution in [0.4, 0.5) is 0 Å². The van der Waals surface area contributed by atoms with Crippen LogP contribution in [-0.4, -0.2) is 108 Å². The summed E-state index contributed by atoms with van der Waals surface area (Å²) in [4.78, 5) is 71.3. The molecule has 2 bridgehead atoms. The lowest BCUT2D eigenvalue weighted by Gasteiger charge is -2.60. The molecule has 0 radical (unpaired) electrons. The molecule has 58 heavy (non-hydrogen) atoms. The summed E-state index contributed by atoms with van der Waals surface area (Å²) in [6.07, 6.45) is 3.50. The molecule has 0 spiro atoms. The van der Waals surface area contributed by atoms with Crippen molar-refractivity contribution in [2.45, 2.75) is 122 Å². The minimum absolute atomic E-state index is 0.00589. The zero-order chi connectivity index (χ0) is 42.3. The Labute approximate surface area is 345 Å². The Bertz CT molecular complexity index is 1770. The highest BCUT2D eigenvalue weighted by Crippen LogP contribution is 2.61. The Morgan fingerprint density at radius 1 is 0.845 bits per heavy atom. The summed E-state index contributed by atoms with van der Waals surface area (Å²) in [5.74, 6) is -2.82. The van der Waals surface area contributed by atoms with Gasteiger partial charge < -0.3 is 52.5 Å². The standard InChI is InChI=1S/C40H58BClN8O8/c1-21(35(52)48-30(8-6-7-16-43)37(54)47-23(3)41-57-32-19-26-18-28(34(32)58-41)40(26,4)5)46-39(56)33(22(2)51)50-38(55)31(15-17-44)49-36(53)25-11-14-29(45-20-25)24-9-12-27(42)13-10-24/h9-14,20-23,26,28,30-34,51H,6-8,15-19,43-44H2,1-5H3,(H,46,56)(H,47,54)(H,48,52)(H,49,53)(H,50,55)/t21-,22+,23-,26-,28+,30-,31-,32+,33-,34?/m0/s1. The smallest absolute Gasteiger partial charge is 0.404 e. The predicted molar refractivity (Wildman–Crippen MR) is 219 cm³/mol. The quantitative estimate of drug-likeness (QED) is 0.0739. The van der Waals surface area contributed by atoms with Crippen LogP contribution in [0.1, 0.15) is 83.5 Å². The van der Waals surface area contributed by atoms with Crippen molar-refractivity contribution in [3.63, 3.8) is 0 Å². The number of aliphatic hydroxyl groups is 1. The number of benzene rings is 1. The lowest BCUT2D eigenvalue weighted by atomic mass is 9.47. The third-order valence-corrected chi connectivity index (χ3v) is 12.1. The van der Waals surface area contributed by atoms with E-state index in [-0.39, 0.29) is 36.2 Å². The first-order valence-electron chi connectivity index (χ1n) is 20.2. The van der Waals surface area contributed by atoms with Gasteiger partial charge in [-0.15, -0.1) is 0 Å². The lowest BCUT2D eigenvalue weighted by Crippen LogP contribution is -2.60. The maximum absolute atomic E-state index is 13.6. The number of unbranched alkanes of at least 4 members (excludes halogenated alkanes) is 1. The van der Waals surface area contributed by atoms with Gasteiger partial charge in [0.25, 0.3) is 5.91 Å². The van der Waals surface area contributed by atoms with E-state index in [1.807, 2.05) is 6.92 Å². The van der Waals surface area contributed by atoms with E-state index in [0.717, 1.165) is 18.4 Å². The third kappa shape index (κ3) is 10.7. The zero-order valence-electron chi connectivity index (χ0n) is 33.8. The Kier molecular flexibility index (Phi) is 15.3. The molecule has 5 amide bonds. The number of carbonyl (C=O) groups is 5. The van der Waals surface area contributed by atoms with Crippen LogP contribution < -0.4 is 38.1 Å². The van der Waals surface area contributed by atoms with E-state index in [1.165, 1.54) is 20.0 Å². The maximum atomic E-state index is 13.6. The number of nitrogens with two attached hydrogens (primary N) is 2. The summed E-state index contributed by atoms with van der Waals surface area (Å²) >= 11 is 5.97. The molecular formula is C40H58BClN8O8. The number of carbonyl (C=O) groups excluding carboxylic acids is 5. The summed E-state index contributed by atoms with van der Waals surface area (Å²) in [5, 5.41) is 24.4. The van der Waals surface area contributed by atoms with Crippen LogP contribution in [-0.2, 0) is 28.5 Å². The molecule has 1 saturated heterocycles.